The lowest BCUT2D eigenvalue weighted by atomic mass is 10.2. The zero-order valence-corrected chi connectivity index (χ0v) is 15.0. The number of pyridine rings is 1. The van der Waals surface area contributed by atoms with Gasteiger partial charge in [-0.1, -0.05) is 6.07 Å². The first kappa shape index (κ1) is 17.0. The highest BCUT2D eigenvalue weighted by atomic mass is 19.1. The number of fused-ring (bicyclic) bond motifs is 2. The van der Waals surface area contributed by atoms with Gasteiger partial charge in [-0.15, -0.1) is 0 Å². The predicted molar refractivity (Wildman–Crippen MR) is 102 cm³/mol. The number of aromatic nitrogens is 3. The van der Waals surface area contributed by atoms with E-state index in [4.69, 9.17) is 5.73 Å². The van der Waals surface area contributed by atoms with Gasteiger partial charge >= 0.3 is 0 Å². The SMILES string of the molecule is NC(=O)c1cnc(N2CC3C(C2)C3NCc2ccc3cc(F)ccc3n2)nc1. The summed E-state index contributed by atoms with van der Waals surface area (Å²) >= 11 is 0. The normalized spacial score (nSPS) is 23.0. The van der Waals surface area contributed by atoms with Crippen molar-refractivity contribution >= 4 is 22.8 Å². The van der Waals surface area contributed by atoms with Crippen LogP contribution in [0.25, 0.3) is 10.9 Å². The molecule has 5 rings (SSSR count). The Morgan fingerprint density at radius 1 is 1.18 bits per heavy atom. The lowest BCUT2D eigenvalue weighted by Gasteiger charge is -2.20. The van der Waals surface area contributed by atoms with Crippen LogP contribution in [0, 0.1) is 17.7 Å². The number of hydrogen-bond donors (Lipinski definition) is 2. The van der Waals surface area contributed by atoms with Gasteiger partial charge in [0.15, 0.2) is 0 Å². The lowest BCUT2D eigenvalue weighted by Crippen LogP contribution is -2.32. The molecule has 1 saturated carbocycles. The van der Waals surface area contributed by atoms with Gasteiger partial charge in [0.25, 0.3) is 5.91 Å². The van der Waals surface area contributed by atoms with Gasteiger partial charge in [0.1, 0.15) is 5.82 Å². The second-order valence-corrected chi connectivity index (χ2v) is 7.41. The zero-order chi connectivity index (χ0) is 19.3. The van der Waals surface area contributed by atoms with Crippen LogP contribution in [0.1, 0.15) is 16.1 Å². The summed E-state index contributed by atoms with van der Waals surface area (Å²) in [6.07, 6.45) is 2.95. The molecule has 3 aromatic rings. The fourth-order valence-corrected chi connectivity index (χ4v) is 4.06. The smallest absolute Gasteiger partial charge is 0.251 e. The first-order valence-corrected chi connectivity index (χ1v) is 9.24. The quantitative estimate of drug-likeness (QED) is 0.698. The predicted octanol–water partition coefficient (Wildman–Crippen LogP) is 1.49. The van der Waals surface area contributed by atoms with E-state index in [1.54, 1.807) is 6.07 Å². The van der Waals surface area contributed by atoms with Crippen LogP contribution in [0.5, 0.6) is 0 Å². The molecule has 8 heteroatoms. The number of piperidine rings is 1. The minimum Gasteiger partial charge on any atom is -0.366 e. The maximum Gasteiger partial charge on any atom is 0.251 e. The molecule has 0 radical (unpaired) electrons. The van der Waals surface area contributed by atoms with Crippen molar-refractivity contribution in [3.8, 4) is 0 Å². The van der Waals surface area contributed by atoms with Crippen molar-refractivity contribution in [1.82, 2.24) is 20.3 Å². The minimum absolute atomic E-state index is 0.246. The van der Waals surface area contributed by atoms with Crippen molar-refractivity contribution in [1.29, 1.82) is 0 Å². The van der Waals surface area contributed by atoms with E-state index in [1.165, 1.54) is 24.5 Å². The summed E-state index contributed by atoms with van der Waals surface area (Å²) < 4.78 is 13.3. The molecular weight excluding hydrogens is 359 g/mol. The number of benzene rings is 1. The van der Waals surface area contributed by atoms with E-state index in [-0.39, 0.29) is 5.82 Å². The van der Waals surface area contributed by atoms with Gasteiger partial charge in [0.05, 0.1) is 16.8 Å². The number of amides is 1. The number of anilines is 1. The topological polar surface area (TPSA) is 97.0 Å². The summed E-state index contributed by atoms with van der Waals surface area (Å²) in [5.41, 5.74) is 7.29. The molecule has 2 aromatic heterocycles. The Labute approximate surface area is 160 Å². The largest absolute Gasteiger partial charge is 0.366 e. The van der Waals surface area contributed by atoms with Gasteiger partial charge in [-0.05, 0) is 36.1 Å². The van der Waals surface area contributed by atoms with Crippen molar-refractivity contribution in [3.63, 3.8) is 0 Å². The summed E-state index contributed by atoms with van der Waals surface area (Å²) in [4.78, 5) is 26.3. The fourth-order valence-electron chi connectivity index (χ4n) is 4.06. The molecule has 1 saturated heterocycles. The second-order valence-electron chi connectivity index (χ2n) is 7.41. The Bertz CT molecular complexity index is 1040. The number of carbonyl (C=O) groups excluding carboxylic acids is 1. The van der Waals surface area contributed by atoms with Crippen LogP contribution in [0.15, 0.2) is 42.7 Å². The number of nitrogens with one attached hydrogen (secondary N) is 1. The molecule has 2 unspecified atom stereocenters. The van der Waals surface area contributed by atoms with Crippen molar-refractivity contribution in [2.75, 3.05) is 18.0 Å². The first-order valence-electron chi connectivity index (χ1n) is 9.24. The number of nitrogens with two attached hydrogens (primary N) is 1. The monoisotopic (exact) mass is 378 g/mol. The van der Waals surface area contributed by atoms with Crippen LogP contribution in [-0.4, -0.2) is 40.0 Å². The Morgan fingerprint density at radius 3 is 2.64 bits per heavy atom. The van der Waals surface area contributed by atoms with Crippen LogP contribution in [0.3, 0.4) is 0 Å². The molecule has 2 aliphatic rings. The number of carbonyl (C=O) groups is 1. The highest BCUT2D eigenvalue weighted by molar-refractivity contribution is 5.92. The highest BCUT2D eigenvalue weighted by Gasteiger charge is 2.55. The minimum atomic E-state index is -0.521. The average Bonchev–Trinajstić information content (AvgIpc) is 3.15. The molecule has 0 bridgehead atoms. The third-order valence-corrected chi connectivity index (χ3v) is 5.63. The number of nitrogens with zero attached hydrogens (tertiary/aromatic N) is 4. The molecule has 0 spiro atoms. The van der Waals surface area contributed by atoms with E-state index in [2.05, 4.69) is 25.2 Å². The molecular formula is C20H19FN6O. The summed E-state index contributed by atoms with van der Waals surface area (Å²) in [5.74, 6) is 0.999. The summed E-state index contributed by atoms with van der Waals surface area (Å²) in [6, 6.07) is 8.95. The van der Waals surface area contributed by atoms with Crippen LogP contribution >= 0.6 is 0 Å². The Balaban J connectivity index is 1.17. The van der Waals surface area contributed by atoms with Gasteiger partial charge in [-0.2, -0.15) is 0 Å². The van der Waals surface area contributed by atoms with Crippen LogP contribution < -0.4 is 16.0 Å². The Hall–Kier alpha value is -3.13. The number of halogens is 1. The van der Waals surface area contributed by atoms with Crippen LogP contribution in [-0.2, 0) is 6.54 Å². The van der Waals surface area contributed by atoms with Crippen LogP contribution in [0.4, 0.5) is 10.3 Å². The molecule has 1 aromatic carbocycles. The van der Waals surface area contributed by atoms with E-state index >= 15 is 0 Å². The number of rotatable bonds is 5. The molecule has 3 N–H and O–H groups in total. The van der Waals surface area contributed by atoms with E-state index < -0.39 is 5.91 Å². The molecule has 1 aliphatic carbocycles. The molecule has 142 valence electrons. The summed E-state index contributed by atoms with van der Waals surface area (Å²) in [6.45, 7) is 2.47. The summed E-state index contributed by atoms with van der Waals surface area (Å²) in [5, 5.41) is 4.39. The Kier molecular flexibility index (Phi) is 3.94. The number of hydrogen-bond acceptors (Lipinski definition) is 6. The molecule has 1 amide bonds. The van der Waals surface area contributed by atoms with Crippen molar-refractivity contribution in [2.24, 2.45) is 17.6 Å². The third kappa shape index (κ3) is 3.05. The third-order valence-electron chi connectivity index (χ3n) is 5.63. The molecule has 28 heavy (non-hydrogen) atoms. The van der Waals surface area contributed by atoms with Gasteiger partial charge in [0.2, 0.25) is 5.95 Å². The van der Waals surface area contributed by atoms with E-state index in [0.717, 1.165) is 29.7 Å². The molecule has 2 atom stereocenters. The maximum atomic E-state index is 13.3. The molecule has 3 heterocycles. The van der Waals surface area contributed by atoms with Gasteiger partial charge in [-0.25, -0.2) is 14.4 Å². The van der Waals surface area contributed by atoms with Gasteiger partial charge in [0, 0.05) is 43.5 Å². The van der Waals surface area contributed by atoms with Gasteiger partial charge in [-0.3, -0.25) is 9.78 Å². The Morgan fingerprint density at radius 2 is 1.93 bits per heavy atom. The molecule has 7 nitrogen and oxygen atoms in total. The highest BCUT2D eigenvalue weighted by Crippen LogP contribution is 2.46. The zero-order valence-electron chi connectivity index (χ0n) is 15.0. The van der Waals surface area contributed by atoms with Crippen molar-refractivity contribution in [3.05, 3.63) is 59.8 Å². The van der Waals surface area contributed by atoms with E-state index in [9.17, 15) is 9.18 Å². The van der Waals surface area contributed by atoms with Crippen molar-refractivity contribution < 1.29 is 9.18 Å². The summed E-state index contributed by atoms with van der Waals surface area (Å²) in [7, 11) is 0. The van der Waals surface area contributed by atoms with Crippen molar-refractivity contribution in [2.45, 2.75) is 12.6 Å². The number of primary amides is 1. The molecule has 1 aliphatic heterocycles. The first-order chi connectivity index (χ1) is 13.6. The standard InChI is InChI=1S/C20H19FN6O/c21-13-2-4-17-11(5-13)1-3-14(26-17)8-23-18-15-9-27(10-16(15)18)20-24-6-12(7-25-20)19(22)28/h1-7,15-16,18,23H,8-10H2,(H2,22,28). The lowest BCUT2D eigenvalue weighted by molar-refractivity contribution is 0.0999. The molecule has 2 fully saturated rings. The van der Waals surface area contributed by atoms with Crippen LogP contribution in [0.2, 0.25) is 0 Å². The van der Waals surface area contributed by atoms with E-state index in [1.807, 2.05) is 12.1 Å². The average molecular weight is 378 g/mol. The van der Waals surface area contributed by atoms with E-state index in [0.29, 0.717) is 35.9 Å². The second kappa shape index (κ2) is 6.49. The fraction of sp³-hybridized carbons (Fsp3) is 0.300. The van der Waals surface area contributed by atoms with Gasteiger partial charge < -0.3 is 16.0 Å². The maximum absolute atomic E-state index is 13.3.